The van der Waals surface area contributed by atoms with Crippen LogP contribution in [0, 0.1) is 23.7 Å². The van der Waals surface area contributed by atoms with Crippen LogP contribution in [-0.4, -0.2) is 11.8 Å². The predicted molar refractivity (Wildman–Crippen MR) is 76.3 cm³/mol. The molecule has 1 aliphatic heterocycles. The molecular formula is C16H14ClNO2. The molecule has 4 atom stereocenters. The standard InChI is InChI=1S/C16H14ClNO2/c17-11-5-7-12(8-6-11)18-15(19)13-9-1-2-10(4-3-9)14(13)16(18)20/h1-2,5-10,13-14H,3-4H2/t9-,10+,13-,14+. The van der Waals surface area contributed by atoms with Crippen LogP contribution in [0.2, 0.25) is 5.02 Å². The number of imide groups is 1. The van der Waals surface area contributed by atoms with Gasteiger partial charge in [0.25, 0.3) is 0 Å². The van der Waals surface area contributed by atoms with Crippen LogP contribution in [0.1, 0.15) is 12.8 Å². The summed E-state index contributed by atoms with van der Waals surface area (Å²) < 4.78 is 0. The largest absolute Gasteiger partial charge is 0.274 e. The fourth-order valence-electron chi connectivity index (χ4n) is 3.92. The van der Waals surface area contributed by atoms with Crippen molar-refractivity contribution in [1.82, 2.24) is 0 Å². The van der Waals surface area contributed by atoms with Crippen molar-refractivity contribution in [3.05, 3.63) is 41.4 Å². The van der Waals surface area contributed by atoms with Gasteiger partial charge in [-0.15, -0.1) is 0 Å². The van der Waals surface area contributed by atoms with Crippen molar-refractivity contribution in [3.63, 3.8) is 0 Å². The molecule has 20 heavy (non-hydrogen) atoms. The molecule has 0 spiro atoms. The van der Waals surface area contributed by atoms with Gasteiger partial charge in [-0.3, -0.25) is 14.5 Å². The number of anilines is 1. The Bertz CT molecular complexity index is 590. The first-order valence-electron chi connectivity index (χ1n) is 6.98. The predicted octanol–water partition coefficient (Wildman–Crippen LogP) is 3.04. The summed E-state index contributed by atoms with van der Waals surface area (Å²) in [5, 5.41) is 0.604. The summed E-state index contributed by atoms with van der Waals surface area (Å²) in [6, 6.07) is 6.91. The number of hydrogen-bond donors (Lipinski definition) is 0. The SMILES string of the molecule is O=C1[C@@H]2[C@H](C(=O)N1c1ccc(Cl)cc1)[C@@H]1C=C[C@H]2CC1. The van der Waals surface area contributed by atoms with Crippen molar-refractivity contribution in [3.8, 4) is 0 Å². The Labute approximate surface area is 122 Å². The molecule has 0 N–H and O–H groups in total. The molecule has 1 saturated heterocycles. The zero-order chi connectivity index (χ0) is 13.9. The van der Waals surface area contributed by atoms with E-state index in [1.54, 1.807) is 24.3 Å². The highest BCUT2D eigenvalue weighted by Crippen LogP contribution is 2.50. The van der Waals surface area contributed by atoms with Crippen LogP contribution >= 0.6 is 11.6 Å². The highest BCUT2D eigenvalue weighted by atomic mass is 35.5. The van der Waals surface area contributed by atoms with Crippen LogP contribution in [0.5, 0.6) is 0 Å². The molecule has 4 aliphatic rings. The summed E-state index contributed by atoms with van der Waals surface area (Å²) in [4.78, 5) is 26.7. The van der Waals surface area contributed by atoms with Gasteiger partial charge >= 0.3 is 0 Å². The number of allylic oxidation sites excluding steroid dienone is 2. The fraction of sp³-hybridized carbons (Fsp3) is 0.375. The van der Waals surface area contributed by atoms with Crippen LogP contribution in [0.3, 0.4) is 0 Å². The second-order valence-electron chi connectivity index (χ2n) is 5.83. The van der Waals surface area contributed by atoms with E-state index in [1.165, 1.54) is 4.90 Å². The van der Waals surface area contributed by atoms with Gasteiger partial charge in [-0.1, -0.05) is 23.8 Å². The molecule has 2 fully saturated rings. The van der Waals surface area contributed by atoms with Gasteiger partial charge in [-0.05, 0) is 48.9 Å². The minimum Gasteiger partial charge on any atom is -0.274 e. The van der Waals surface area contributed by atoms with E-state index >= 15 is 0 Å². The summed E-state index contributed by atoms with van der Waals surface area (Å²) in [6.07, 6.45) is 6.31. The zero-order valence-corrected chi connectivity index (χ0v) is 11.6. The van der Waals surface area contributed by atoms with Crippen molar-refractivity contribution >= 4 is 29.1 Å². The average molecular weight is 288 g/mol. The summed E-state index contributed by atoms with van der Waals surface area (Å²) in [7, 11) is 0. The second kappa shape index (κ2) is 4.19. The van der Waals surface area contributed by atoms with E-state index in [0.29, 0.717) is 10.7 Å². The van der Waals surface area contributed by atoms with E-state index in [1.807, 2.05) is 0 Å². The topological polar surface area (TPSA) is 37.4 Å². The highest BCUT2D eigenvalue weighted by molar-refractivity contribution is 6.30. The van der Waals surface area contributed by atoms with E-state index < -0.39 is 0 Å². The van der Waals surface area contributed by atoms with Crippen molar-refractivity contribution < 1.29 is 9.59 Å². The molecule has 1 saturated carbocycles. The van der Waals surface area contributed by atoms with Crippen LogP contribution in [0.15, 0.2) is 36.4 Å². The monoisotopic (exact) mass is 287 g/mol. The lowest BCUT2D eigenvalue weighted by molar-refractivity contribution is -0.124. The lowest BCUT2D eigenvalue weighted by atomic mass is 9.63. The maximum atomic E-state index is 12.7. The van der Waals surface area contributed by atoms with Crippen LogP contribution in [0.25, 0.3) is 0 Å². The van der Waals surface area contributed by atoms with Crippen molar-refractivity contribution in [2.24, 2.45) is 23.7 Å². The summed E-state index contributed by atoms with van der Waals surface area (Å²) in [5.74, 6) is 0.0871. The number of carbonyl (C=O) groups excluding carboxylic acids is 2. The van der Waals surface area contributed by atoms with Gasteiger partial charge < -0.3 is 0 Å². The molecule has 4 heteroatoms. The molecule has 1 heterocycles. The molecule has 1 aromatic rings. The Kier molecular flexibility index (Phi) is 2.55. The van der Waals surface area contributed by atoms with Crippen LogP contribution < -0.4 is 4.90 Å². The maximum absolute atomic E-state index is 12.7. The molecule has 1 aromatic carbocycles. The third-order valence-electron chi connectivity index (χ3n) is 4.84. The lowest BCUT2D eigenvalue weighted by Crippen LogP contribution is -2.38. The molecular weight excluding hydrogens is 274 g/mol. The first-order valence-corrected chi connectivity index (χ1v) is 7.36. The van der Waals surface area contributed by atoms with Gasteiger partial charge in [0.05, 0.1) is 17.5 Å². The number of carbonyl (C=O) groups is 2. The van der Waals surface area contributed by atoms with Crippen molar-refractivity contribution in [1.29, 1.82) is 0 Å². The van der Waals surface area contributed by atoms with E-state index in [9.17, 15) is 9.59 Å². The van der Waals surface area contributed by atoms with Crippen molar-refractivity contribution in [2.45, 2.75) is 12.8 Å². The number of amides is 2. The number of rotatable bonds is 1. The summed E-state index contributed by atoms with van der Waals surface area (Å²) in [6.45, 7) is 0. The van der Waals surface area contributed by atoms with E-state index in [0.717, 1.165) is 12.8 Å². The third kappa shape index (κ3) is 1.53. The molecule has 0 unspecified atom stereocenters. The molecule has 0 radical (unpaired) electrons. The van der Waals surface area contributed by atoms with Gasteiger partial charge in [0.1, 0.15) is 0 Å². The van der Waals surface area contributed by atoms with Gasteiger partial charge in [0.15, 0.2) is 0 Å². The lowest BCUT2D eigenvalue weighted by Gasteiger charge is -2.38. The normalized spacial score (nSPS) is 34.8. The second-order valence-corrected chi connectivity index (χ2v) is 6.27. The number of fused-ring (bicyclic) bond motifs is 1. The smallest absolute Gasteiger partial charge is 0.238 e. The Hall–Kier alpha value is -1.61. The number of benzene rings is 1. The highest BCUT2D eigenvalue weighted by Gasteiger charge is 2.56. The van der Waals surface area contributed by atoms with Crippen LogP contribution in [-0.2, 0) is 9.59 Å². The zero-order valence-electron chi connectivity index (χ0n) is 10.8. The van der Waals surface area contributed by atoms with Gasteiger partial charge in [-0.2, -0.15) is 0 Å². The minimum absolute atomic E-state index is 0.0404. The molecule has 0 aromatic heterocycles. The fourth-order valence-corrected chi connectivity index (χ4v) is 4.04. The first-order chi connectivity index (χ1) is 9.66. The number of hydrogen-bond acceptors (Lipinski definition) is 2. The maximum Gasteiger partial charge on any atom is 0.238 e. The van der Waals surface area contributed by atoms with Gasteiger partial charge in [0, 0.05) is 5.02 Å². The van der Waals surface area contributed by atoms with Gasteiger partial charge in [-0.25, -0.2) is 0 Å². The van der Waals surface area contributed by atoms with E-state index in [-0.39, 0.29) is 35.5 Å². The van der Waals surface area contributed by atoms with Gasteiger partial charge in [0.2, 0.25) is 11.8 Å². The summed E-state index contributed by atoms with van der Waals surface area (Å²) >= 11 is 5.87. The molecule has 102 valence electrons. The van der Waals surface area contributed by atoms with Crippen LogP contribution in [0.4, 0.5) is 5.69 Å². The average Bonchev–Trinajstić information content (AvgIpc) is 2.76. The molecule has 3 aliphatic carbocycles. The molecule has 3 nitrogen and oxygen atoms in total. The quantitative estimate of drug-likeness (QED) is 0.588. The number of halogens is 1. The Balaban J connectivity index is 1.75. The Morgan fingerprint density at radius 3 is 1.85 bits per heavy atom. The minimum atomic E-state index is -0.151. The number of nitrogens with zero attached hydrogens (tertiary/aromatic N) is 1. The molecule has 2 bridgehead atoms. The van der Waals surface area contributed by atoms with E-state index in [4.69, 9.17) is 11.6 Å². The van der Waals surface area contributed by atoms with E-state index in [2.05, 4.69) is 12.2 Å². The first kappa shape index (κ1) is 12.2. The Morgan fingerprint density at radius 2 is 1.40 bits per heavy atom. The summed E-state index contributed by atoms with van der Waals surface area (Å²) in [5.41, 5.74) is 0.637. The Morgan fingerprint density at radius 1 is 0.900 bits per heavy atom. The third-order valence-corrected chi connectivity index (χ3v) is 5.10. The molecule has 2 amide bonds. The molecule has 5 rings (SSSR count). The van der Waals surface area contributed by atoms with Crippen molar-refractivity contribution in [2.75, 3.05) is 4.90 Å².